The molecule has 0 heterocycles. The lowest BCUT2D eigenvalue weighted by Crippen LogP contribution is -2.50. The monoisotopic (exact) mass is 455 g/mol. The van der Waals surface area contributed by atoms with Gasteiger partial charge in [-0.05, 0) is 19.8 Å². The predicted molar refractivity (Wildman–Crippen MR) is 117 cm³/mol. The average molecular weight is 456 g/mol. The molecule has 0 aliphatic carbocycles. The lowest BCUT2D eigenvalue weighted by molar-refractivity contribution is -0.880. The fourth-order valence-corrected chi connectivity index (χ4v) is 6.43. The molecule has 0 saturated heterocycles. The minimum Gasteiger partial charge on any atom is -0.377 e. The largest absolute Gasteiger partial charge is 0.500 e. The fourth-order valence-electron chi connectivity index (χ4n) is 3.02. The van der Waals surface area contributed by atoms with Gasteiger partial charge in [0.2, 0.25) is 0 Å². The van der Waals surface area contributed by atoms with E-state index in [9.17, 15) is 4.79 Å². The highest BCUT2D eigenvalue weighted by molar-refractivity contribution is 6.60. The normalized spacial score (nSPS) is 13.0. The molecule has 0 aliphatic heterocycles. The first-order chi connectivity index (χ1) is 13.6. The van der Waals surface area contributed by atoms with Crippen molar-refractivity contribution in [2.45, 2.75) is 31.9 Å². The maximum atomic E-state index is 13.0. The van der Waals surface area contributed by atoms with E-state index in [2.05, 4.69) is 21.0 Å². The van der Waals surface area contributed by atoms with Crippen LogP contribution in [0.4, 0.5) is 0 Å². The summed E-state index contributed by atoms with van der Waals surface area (Å²) in [5.74, 6) is 0.135. The number of hydrogen-bond donors (Lipinski definition) is 0. The molecule has 0 aromatic rings. The third-order valence-electron chi connectivity index (χ3n) is 5.46. The van der Waals surface area contributed by atoms with E-state index in [-0.39, 0.29) is 5.91 Å². The number of carbonyl (C=O) groups excluding carboxylic acids is 1. The Balaban J connectivity index is 5.04. The van der Waals surface area contributed by atoms with Crippen molar-refractivity contribution in [3.8, 4) is 0 Å². The van der Waals surface area contributed by atoms with Gasteiger partial charge in [0.05, 0.1) is 20.6 Å². The van der Waals surface area contributed by atoms with Gasteiger partial charge in [0.1, 0.15) is 0 Å². The summed E-state index contributed by atoms with van der Waals surface area (Å²) in [6.45, 7) is 4.67. The molecule has 174 valence electrons. The van der Waals surface area contributed by atoms with Crippen LogP contribution in [0.15, 0.2) is 0 Å². The van der Waals surface area contributed by atoms with Crippen LogP contribution in [0.25, 0.3) is 0 Å². The lowest BCUT2D eigenvalue weighted by atomic mass is 10.3. The maximum Gasteiger partial charge on any atom is 0.500 e. The first kappa shape index (κ1) is 28.6. The van der Waals surface area contributed by atoms with Crippen LogP contribution in [0.1, 0.15) is 19.8 Å². The van der Waals surface area contributed by atoms with E-state index in [1.54, 1.807) is 42.7 Å². The van der Waals surface area contributed by atoms with Gasteiger partial charge in [0, 0.05) is 67.8 Å². The third-order valence-corrected chi connectivity index (χ3v) is 11.1. The first-order valence-electron chi connectivity index (χ1n) is 10.0. The molecule has 0 saturated carbocycles. The quantitative estimate of drug-likeness (QED) is 0.243. The van der Waals surface area contributed by atoms with Gasteiger partial charge in [-0.1, -0.05) is 0 Å². The fraction of sp³-hybridized carbons (Fsp3) is 0.944. The molecule has 11 heteroatoms. The summed E-state index contributed by atoms with van der Waals surface area (Å²) in [5.41, 5.74) is 0. The van der Waals surface area contributed by atoms with Gasteiger partial charge < -0.3 is 35.9 Å². The van der Waals surface area contributed by atoms with Crippen molar-refractivity contribution in [2.24, 2.45) is 0 Å². The Labute approximate surface area is 179 Å². The highest BCUT2D eigenvalue weighted by atomic mass is 28.4. The van der Waals surface area contributed by atoms with Crippen molar-refractivity contribution < 1.29 is 35.8 Å². The molecule has 0 unspecified atom stereocenters. The Morgan fingerprint density at radius 1 is 0.759 bits per heavy atom. The van der Waals surface area contributed by atoms with Crippen molar-refractivity contribution in [1.29, 1.82) is 0 Å². The summed E-state index contributed by atoms with van der Waals surface area (Å²) in [6.07, 6.45) is 1.49. The zero-order valence-corrected chi connectivity index (χ0v) is 21.9. The molecule has 0 atom stereocenters. The Bertz CT molecular complexity index is 419. The van der Waals surface area contributed by atoms with Crippen molar-refractivity contribution in [3.05, 3.63) is 0 Å². The number of carbonyl (C=O) groups is 1. The molecule has 0 radical (unpaired) electrons. The molecule has 0 N–H and O–H groups in total. The summed E-state index contributed by atoms with van der Waals surface area (Å²) < 4.78 is 33.6. The zero-order valence-electron chi connectivity index (χ0n) is 19.9. The number of likely N-dealkylation sites (N-methyl/N-ethyl adjacent to an activating group) is 1. The molecule has 0 aliphatic rings. The first-order valence-corrected chi connectivity index (χ1v) is 13.9. The average Bonchev–Trinajstić information content (AvgIpc) is 2.73. The topological polar surface area (TPSA) is 75.7 Å². The summed E-state index contributed by atoms with van der Waals surface area (Å²) in [4.78, 5) is 14.9. The number of nitrogens with zero attached hydrogens (tertiary/aromatic N) is 2. The Hall–Kier alpha value is -0.376. The van der Waals surface area contributed by atoms with E-state index in [4.69, 9.17) is 26.6 Å². The molecule has 0 rings (SSSR count). The minimum absolute atomic E-state index is 0.135. The van der Waals surface area contributed by atoms with Gasteiger partial charge in [-0.3, -0.25) is 4.79 Å². The Kier molecular flexibility index (Phi) is 13.7. The second kappa shape index (κ2) is 13.8. The van der Waals surface area contributed by atoms with Crippen molar-refractivity contribution in [2.75, 3.05) is 82.9 Å². The molecule has 1 amide bonds. The van der Waals surface area contributed by atoms with Gasteiger partial charge in [0.25, 0.3) is 5.91 Å². The SMILES string of the molecule is CC[N+](C)(C)CC(=O)N(CCC[Si](OC)(OC)OC)CCC[Si](OC)(OC)OC. The maximum absolute atomic E-state index is 13.0. The second-order valence-corrected chi connectivity index (χ2v) is 13.8. The predicted octanol–water partition coefficient (Wildman–Crippen LogP) is 1.45. The number of quaternary nitrogens is 1. The van der Waals surface area contributed by atoms with E-state index in [0.29, 0.717) is 36.2 Å². The smallest absolute Gasteiger partial charge is 0.377 e. The number of rotatable bonds is 17. The van der Waals surface area contributed by atoms with E-state index in [1.165, 1.54) is 0 Å². The van der Waals surface area contributed by atoms with Crippen LogP contribution >= 0.6 is 0 Å². The molecule has 0 spiro atoms. The van der Waals surface area contributed by atoms with Crippen molar-refractivity contribution in [3.63, 3.8) is 0 Å². The summed E-state index contributed by atoms with van der Waals surface area (Å²) in [6, 6.07) is 1.30. The summed E-state index contributed by atoms with van der Waals surface area (Å²) >= 11 is 0. The molecular formula is C18H43N2O7Si2+. The Morgan fingerprint density at radius 2 is 1.10 bits per heavy atom. The highest BCUT2D eigenvalue weighted by Gasteiger charge is 2.39. The van der Waals surface area contributed by atoms with Crippen LogP contribution in [0.5, 0.6) is 0 Å². The lowest BCUT2D eigenvalue weighted by Gasteiger charge is -2.32. The Morgan fingerprint density at radius 3 is 1.38 bits per heavy atom. The molecular weight excluding hydrogens is 412 g/mol. The summed E-state index contributed by atoms with van der Waals surface area (Å²) in [5, 5.41) is 0. The molecule has 9 nitrogen and oxygen atoms in total. The molecule has 29 heavy (non-hydrogen) atoms. The second-order valence-electron chi connectivity index (χ2n) is 7.59. The minimum atomic E-state index is -2.65. The highest BCUT2D eigenvalue weighted by Crippen LogP contribution is 2.18. The van der Waals surface area contributed by atoms with E-state index in [1.807, 2.05) is 4.90 Å². The van der Waals surface area contributed by atoms with Crippen LogP contribution < -0.4 is 0 Å². The standard InChI is InChI=1S/C18H43N2O7Si2/c1-10-20(2,3)17-18(21)19(13-11-15-28(22-4,23-5)24-6)14-12-16-29(25-7,26-8)27-9/h10-17H2,1-9H3/q+1. The molecule has 0 fully saturated rings. The van der Waals surface area contributed by atoms with E-state index in [0.717, 1.165) is 19.4 Å². The number of hydrogen-bond acceptors (Lipinski definition) is 7. The van der Waals surface area contributed by atoms with Crippen molar-refractivity contribution in [1.82, 2.24) is 4.90 Å². The van der Waals surface area contributed by atoms with Gasteiger partial charge in [-0.15, -0.1) is 0 Å². The van der Waals surface area contributed by atoms with Crippen LogP contribution in [-0.4, -0.2) is 116 Å². The number of amides is 1. The van der Waals surface area contributed by atoms with E-state index >= 15 is 0 Å². The van der Waals surface area contributed by atoms with E-state index < -0.39 is 17.6 Å². The molecule has 0 bridgehead atoms. The van der Waals surface area contributed by atoms with Gasteiger partial charge in [0.15, 0.2) is 6.54 Å². The van der Waals surface area contributed by atoms with Crippen LogP contribution in [-0.2, 0) is 31.4 Å². The van der Waals surface area contributed by atoms with Crippen molar-refractivity contribution >= 4 is 23.5 Å². The third kappa shape index (κ3) is 9.53. The zero-order chi connectivity index (χ0) is 22.6. The van der Waals surface area contributed by atoms with Gasteiger partial charge >= 0.3 is 17.6 Å². The summed E-state index contributed by atoms with van der Waals surface area (Å²) in [7, 11) is 8.46. The van der Waals surface area contributed by atoms with Crippen LogP contribution in [0, 0.1) is 0 Å². The van der Waals surface area contributed by atoms with Crippen LogP contribution in [0.2, 0.25) is 12.1 Å². The van der Waals surface area contributed by atoms with Crippen LogP contribution in [0.3, 0.4) is 0 Å². The molecule has 0 aromatic carbocycles. The molecule has 0 aromatic heterocycles. The van der Waals surface area contributed by atoms with Gasteiger partial charge in [-0.25, -0.2) is 0 Å². The van der Waals surface area contributed by atoms with Gasteiger partial charge in [-0.2, -0.15) is 0 Å².